The first-order valence-corrected chi connectivity index (χ1v) is 5.54. The van der Waals surface area contributed by atoms with Crippen molar-refractivity contribution in [2.45, 2.75) is 24.7 Å². The molecule has 1 aliphatic carbocycles. The lowest BCUT2D eigenvalue weighted by Gasteiger charge is -2.41. The van der Waals surface area contributed by atoms with Gasteiger partial charge in [0.25, 0.3) is 0 Å². The summed E-state index contributed by atoms with van der Waals surface area (Å²) in [5.41, 5.74) is 0.715. The van der Waals surface area contributed by atoms with Crippen LogP contribution in [0.5, 0.6) is 0 Å². The molecule has 1 N–H and O–H groups in total. The maximum Gasteiger partial charge on any atom is 0.137 e. The number of hydrogen-bond donors (Lipinski definition) is 1. The normalized spacial score (nSPS) is 19.1. The number of aliphatic hydroxyl groups is 1. The molecule has 0 unspecified atom stereocenters. The van der Waals surface area contributed by atoms with Gasteiger partial charge in [-0.3, -0.25) is 0 Å². The van der Waals surface area contributed by atoms with Crippen molar-refractivity contribution >= 4 is 15.9 Å². The topological polar surface area (TPSA) is 20.2 Å². The van der Waals surface area contributed by atoms with Gasteiger partial charge in [-0.2, -0.15) is 0 Å². The minimum absolute atomic E-state index is 0.106. The van der Waals surface area contributed by atoms with E-state index in [2.05, 4.69) is 15.9 Å². The highest BCUT2D eigenvalue weighted by molar-refractivity contribution is 9.10. The predicted molar refractivity (Wildman–Crippen MR) is 56.7 cm³/mol. The van der Waals surface area contributed by atoms with Gasteiger partial charge in [-0.05, 0) is 40.4 Å². The maximum atomic E-state index is 13.3. The highest BCUT2D eigenvalue weighted by atomic mass is 79.9. The lowest BCUT2D eigenvalue weighted by molar-refractivity contribution is 0.119. The van der Waals surface area contributed by atoms with E-state index in [0.29, 0.717) is 4.47 Å². The van der Waals surface area contributed by atoms with Crippen LogP contribution in [0.3, 0.4) is 0 Å². The number of aliphatic hydroxyl groups excluding tert-OH is 1. The van der Waals surface area contributed by atoms with Crippen molar-refractivity contribution < 1.29 is 9.50 Å². The Balaban J connectivity index is 2.45. The Kier molecular flexibility index (Phi) is 2.62. The van der Waals surface area contributed by atoms with Crippen LogP contribution in [0.15, 0.2) is 22.7 Å². The molecule has 1 aromatic rings. The smallest absolute Gasteiger partial charge is 0.137 e. The Hall–Kier alpha value is -0.410. The van der Waals surface area contributed by atoms with Crippen LogP contribution in [-0.4, -0.2) is 11.7 Å². The fourth-order valence-corrected chi connectivity index (χ4v) is 2.71. The molecule has 14 heavy (non-hydrogen) atoms. The van der Waals surface area contributed by atoms with Crippen LogP contribution in [0.1, 0.15) is 24.8 Å². The molecule has 1 saturated carbocycles. The standard InChI is InChI=1S/C11H12BrFO/c12-10-8(3-1-4-9(10)13)11(7-14)5-2-6-11/h1,3-4,14H,2,5-7H2. The van der Waals surface area contributed by atoms with Crippen molar-refractivity contribution in [1.29, 1.82) is 0 Å². The van der Waals surface area contributed by atoms with Crippen molar-refractivity contribution in [3.63, 3.8) is 0 Å². The SMILES string of the molecule is OCC1(c2cccc(F)c2Br)CCC1. The van der Waals surface area contributed by atoms with Gasteiger partial charge in [0, 0.05) is 5.41 Å². The first-order chi connectivity index (χ1) is 6.69. The van der Waals surface area contributed by atoms with Crippen molar-refractivity contribution in [2.24, 2.45) is 0 Å². The van der Waals surface area contributed by atoms with Gasteiger partial charge < -0.3 is 5.11 Å². The number of hydrogen-bond acceptors (Lipinski definition) is 1. The van der Waals surface area contributed by atoms with Crippen molar-refractivity contribution in [2.75, 3.05) is 6.61 Å². The fourth-order valence-electron chi connectivity index (χ4n) is 2.03. The highest BCUT2D eigenvalue weighted by Gasteiger charge is 2.39. The molecule has 0 spiro atoms. The maximum absolute atomic E-state index is 13.3. The third-order valence-corrected chi connectivity index (χ3v) is 3.94. The summed E-state index contributed by atoms with van der Waals surface area (Å²) in [6, 6.07) is 5.02. The Morgan fingerprint density at radius 3 is 2.64 bits per heavy atom. The molecule has 0 heterocycles. The molecule has 0 atom stereocenters. The minimum Gasteiger partial charge on any atom is -0.395 e. The molecule has 1 aromatic carbocycles. The second-order valence-corrected chi connectivity index (χ2v) is 4.69. The van der Waals surface area contributed by atoms with Gasteiger partial charge >= 0.3 is 0 Å². The third kappa shape index (κ3) is 1.39. The predicted octanol–water partition coefficient (Wildman–Crippen LogP) is 3.00. The zero-order valence-electron chi connectivity index (χ0n) is 7.76. The quantitative estimate of drug-likeness (QED) is 0.865. The summed E-state index contributed by atoms with van der Waals surface area (Å²) in [4.78, 5) is 0. The van der Waals surface area contributed by atoms with Crippen LogP contribution in [0, 0.1) is 5.82 Å². The van der Waals surface area contributed by atoms with Crippen LogP contribution in [0.25, 0.3) is 0 Å². The van der Waals surface area contributed by atoms with E-state index < -0.39 is 0 Å². The summed E-state index contributed by atoms with van der Waals surface area (Å²) >= 11 is 3.25. The second kappa shape index (κ2) is 3.63. The van der Waals surface area contributed by atoms with E-state index in [9.17, 15) is 9.50 Å². The molecule has 0 saturated heterocycles. The Labute approximate surface area is 91.1 Å². The van der Waals surface area contributed by atoms with Crippen LogP contribution < -0.4 is 0 Å². The number of halogens is 2. The number of benzene rings is 1. The van der Waals surface area contributed by atoms with Gasteiger partial charge in [-0.15, -0.1) is 0 Å². The molecule has 0 aliphatic heterocycles. The summed E-state index contributed by atoms with van der Waals surface area (Å²) in [6.45, 7) is 0.106. The number of rotatable bonds is 2. The largest absolute Gasteiger partial charge is 0.395 e. The molecule has 2 rings (SSSR count). The second-order valence-electron chi connectivity index (χ2n) is 3.89. The molecular formula is C11H12BrFO. The van der Waals surface area contributed by atoms with E-state index in [1.807, 2.05) is 6.07 Å². The van der Waals surface area contributed by atoms with Crippen molar-refractivity contribution in [3.8, 4) is 0 Å². The van der Waals surface area contributed by atoms with Gasteiger partial charge in [0.15, 0.2) is 0 Å². The lowest BCUT2D eigenvalue weighted by atomic mass is 9.65. The highest BCUT2D eigenvalue weighted by Crippen LogP contribution is 2.46. The summed E-state index contributed by atoms with van der Waals surface area (Å²) in [5, 5.41) is 9.36. The molecule has 0 bridgehead atoms. The summed E-state index contributed by atoms with van der Waals surface area (Å²) in [5.74, 6) is -0.248. The van der Waals surface area contributed by atoms with Crippen molar-refractivity contribution in [3.05, 3.63) is 34.1 Å². The van der Waals surface area contributed by atoms with E-state index in [-0.39, 0.29) is 17.8 Å². The Morgan fingerprint density at radius 2 is 2.14 bits per heavy atom. The van der Waals surface area contributed by atoms with Gasteiger partial charge in [0.05, 0.1) is 11.1 Å². The Bertz CT molecular complexity index is 342. The molecule has 1 nitrogen and oxygen atoms in total. The third-order valence-electron chi connectivity index (χ3n) is 3.14. The zero-order chi connectivity index (χ0) is 10.2. The monoisotopic (exact) mass is 258 g/mol. The average Bonchev–Trinajstić information content (AvgIpc) is 2.11. The zero-order valence-corrected chi connectivity index (χ0v) is 9.35. The molecule has 0 aromatic heterocycles. The molecule has 0 radical (unpaired) electrons. The van der Waals surface area contributed by atoms with Crippen LogP contribution >= 0.6 is 15.9 Å². The van der Waals surface area contributed by atoms with Crippen LogP contribution in [0.2, 0.25) is 0 Å². The van der Waals surface area contributed by atoms with Crippen LogP contribution in [0.4, 0.5) is 4.39 Å². The summed E-state index contributed by atoms with van der Waals surface area (Å²) in [7, 11) is 0. The lowest BCUT2D eigenvalue weighted by Crippen LogP contribution is -2.38. The van der Waals surface area contributed by atoms with E-state index in [1.54, 1.807) is 6.07 Å². The first-order valence-electron chi connectivity index (χ1n) is 4.75. The summed E-state index contributed by atoms with van der Waals surface area (Å²) < 4.78 is 13.8. The van der Waals surface area contributed by atoms with Crippen molar-refractivity contribution in [1.82, 2.24) is 0 Å². The van der Waals surface area contributed by atoms with Crippen LogP contribution in [-0.2, 0) is 5.41 Å². The van der Waals surface area contributed by atoms with E-state index in [4.69, 9.17) is 0 Å². The molecule has 1 aliphatic rings. The van der Waals surface area contributed by atoms with E-state index >= 15 is 0 Å². The molecule has 1 fully saturated rings. The van der Waals surface area contributed by atoms with Gasteiger partial charge in [0.2, 0.25) is 0 Å². The van der Waals surface area contributed by atoms with E-state index in [1.165, 1.54) is 6.07 Å². The van der Waals surface area contributed by atoms with E-state index in [0.717, 1.165) is 24.8 Å². The van der Waals surface area contributed by atoms with Gasteiger partial charge in [-0.25, -0.2) is 4.39 Å². The molecular weight excluding hydrogens is 247 g/mol. The summed E-state index contributed by atoms with van der Waals surface area (Å²) in [6.07, 6.45) is 3.01. The molecule has 3 heteroatoms. The van der Waals surface area contributed by atoms with Gasteiger partial charge in [0.1, 0.15) is 5.82 Å². The average molecular weight is 259 g/mol. The first kappa shape index (κ1) is 10.1. The fraction of sp³-hybridized carbons (Fsp3) is 0.455. The van der Waals surface area contributed by atoms with Gasteiger partial charge in [-0.1, -0.05) is 18.6 Å². The Morgan fingerprint density at radius 1 is 1.43 bits per heavy atom. The molecule has 0 amide bonds. The molecule has 76 valence electrons. The minimum atomic E-state index is -0.248.